The van der Waals surface area contributed by atoms with Crippen molar-refractivity contribution in [2.45, 2.75) is 12.6 Å². The van der Waals surface area contributed by atoms with Crippen LogP contribution in [0.3, 0.4) is 0 Å². The van der Waals surface area contributed by atoms with Gasteiger partial charge in [-0.15, -0.1) is 12.4 Å². The van der Waals surface area contributed by atoms with Crippen molar-refractivity contribution in [1.29, 1.82) is 0 Å². The van der Waals surface area contributed by atoms with Gasteiger partial charge in [0.2, 0.25) is 0 Å². The number of halogens is 3. The van der Waals surface area contributed by atoms with Crippen LogP contribution in [0.1, 0.15) is 5.56 Å². The molecular weight excluding hydrogens is 311 g/mol. The molecule has 19 heavy (non-hydrogen) atoms. The van der Waals surface area contributed by atoms with Gasteiger partial charge in [0.05, 0.1) is 6.61 Å². The summed E-state index contributed by atoms with van der Waals surface area (Å²) in [7, 11) is 0. The summed E-state index contributed by atoms with van der Waals surface area (Å²) in [5, 5.41) is 7.03. The molecule has 1 heterocycles. The Kier molecular flexibility index (Phi) is 6.89. The second-order valence-electron chi connectivity index (χ2n) is 4.02. The summed E-state index contributed by atoms with van der Waals surface area (Å²) in [5.41, 5.74) is 0.832. The average Bonchev–Trinajstić information content (AvgIpc) is 2.38. The highest BCUT2D eigenvalue weighted by atomic mass is 35.5. The lowest BCUT2D eigenvalue weighted by Gasteiger charge is -2.22. The minimum absolute atomic E-state index is 0. The number of rotatable bonds is 3. The van der Waals surface area contributed by atoms with Gasteiger partial charge in [0.15, 0.2) is 0 Å². The lowest BCUT2D eigenvalue weighted by molar-refractivity contribution is -0.134. The summed E-state index contributed by atoms with van der Waals surface area (Å²) >= 11 is 11.8. The van der Waals surface area contributed by atoms with Crippen molar-refractivity contribution in [2.75, 3.05) is 19.7 Å². The van der Waals surface area contributed by atoms with E-state index in [1.54, 1.807) is 18.2 Å². The normalized spacial score (nSPS) is 18.5. The molecule has 2 rings (SSSR count). The van der Waals surface area contributed by atoms with Gasteiger partial charge in [-0.2, -0.15) is 0 Å². The number of hydrogen-bond donors (Lipinski definition) is 2. The molecule has 106 valence electrons. The van der Waals surface area contributed by atoms with Crippen LogP contribution in [0, 0.1) is 0 Å². The number of benzene rings is 1. The number of amides is 1. The maximum absolute atomic E-state index is 11.8. The molecule has 1 saturated heterocycles. The van der Waals surface area contributed by atoms with E-state index >= 15 is 0 Å². The van der Waals surface area contributed by atoms with Crippen LogP contribution in [0.25, 0.3) is 0 Å². The Labute approximate surface area is 128 Å². The van der Waals surface area contributed by atoms with E-state index in [1.807, 2.05) is 0 Å². The molecule has 1 aromatic rings. The van der Waals surface area contributed by atoms with Crippen LogP contribution in [0.5, 0.6) is 0 Å². The Morgan fingerprint density at radius 1 is 1.47 bits per heavy atom. The SMILES string of the molecule is Cl.O=C(NCc1ccc(Cl)cc1Cl)[C@H]1CNCCO1. The molecule has 0 radical (unpaired) electrons. The highest BCUT2D eigenvalue weighted by molar-refractivity contribution is 6.35. The fourth-order valence-electron chi connectivity index (χ4n) is 1.70. The molecule has 0 aliphatic carbocycles. The summed E-state index contributed by atoms with van der Waals surface area (Å²) in [5.74, 6) is -0.131. The van der Waals surface area contributed by atoms with Gasteiger partial charge >= 0.3 is 0 Å². The quantitative estimate of drug-likeness (QED) is 0.894. The second-order valence-corrected chi connectivity index (χ2v) is 4.86. The van der Waals surface area contributed by atoms with Crippen molar-refractivity contribution in [2.24, 2.45) is 0 Å². The van der Waals surface area contributed by atoms with Crippen molar-refractivity contribution in [3.63, 3.8) is 0 Å². The van der Waals surface area contributed by atoms with E-state index < -0.39 is 6.10 Å². The van der Waals surface area contributed by atoms with Crippen molar-refractivity contribution in [3.05, 3.63) is 33.8 Å². The van der Waals surface area contributed by atoms with Gasteiger partial charge in [-0.25, -0.2) is 0 Å². The first-order chi connectivity index (χ1) is 8.66. The van der Waals surface area contributed by atoms with Crippen LogP contribution in [0.4, 0.5) is 0 Å². The van der Waals surface area contributed by atoms with Crippen LogP contribution < -0.4 is 10.6 Å². The van der Waals surface area contributed by atoms with Crippen LogP contribution in [-0.2, 0) is 16.1 Å². The number of nitrogens with one attached hydrogen (secondary N) is 2. The van der Waals surface area contributed by atoms with E-state index in [9.17, 15) is 4.79 Å². The first-order valence-electron chi connectivity index (χ1n) is 5.71. The number of carbonyl (C=O) groups is 1. The molecule has 0 spiro atoms. The van der Waals surface area contributed by atoms with Gasteiger partial charge in [0, 0.05) is 29.7 Å². The minimum atomic E-state index is -0.426. The van der Waals surface area contributed by atoms with Crippen LogP contribution in [0.15, 0.2) is 18.2 Å². The summed E-state index contributed by atoms with van der Waals surface area (Å²) in [4.78, 5) is 11.8. The van der Waals surface area contributed by atoms with Gasteiger partial charge in [-0.05, 0) is 17.7 Å². The molecule has 0 aromatic heterocycles. The van der Waals surface area contributed by atoms with Crippen LogP contribution >= 0.6 is 35.6 Å². The summed E-state index contributed by atoms with van der Waals surface area (Å²) < 4.78 is 5.35. The zero-order valence-electron chi connectivity index (χ0n) is 10.1. The van der Waals surface area contributed by atoms with Crippen molar-refractivity contribution in [3.8, 4) is 0 Å². The molecule has 1 fully saturated rings. The summed E-state index contributed by atoms with van der Waals surface area (Å²) in [6.45, 7) is 2.25. The van der Waals surface area contributed by atoms with Crippen molar-refractivity contribution in [1.82, 2.24) is 10.6 Å². The fourth-order valence-corrected chi connectivity index (χ4v) is 2.17. The van der Waals surface area contributed by atoms with Crippen molar-refractivity contribution < 1.29 is 9.53 Å². The molecule has 1 atom stereocenters. The molecule has 0 unspecified atom stereocenters. The Balaban J connectivity index is 0.00000180. The smallest absolute Gasteiger partial charge is 0.250 e. The van der Waals surface area contributed by atoms with E-state index in [-0.39, 0.29) is 18.3 Å². The largest absolute Gasteiger partial charge is 0.366 e. The number of morpholine rings is 1. The zero-order chi connectivity index (χ0) is 13.0. The third-order valence-corrected chi connectivity index (χ3v) is 3.28. The molecule has 1 aromatic carbocycles. The van der Waals surface area contributed by atoms with Gasteiger partial charge in [-0.1, -0.05) is 29.3 Å². The lowest BCUT2D eigenvalue weighted by Crippen LogP contribution is -2.47. The predicted molar refractivity (Wildman–Crippen MR) is 78.2 cm³/mol. The van der Waals surface area contributed by atoms with E-state index in [0.29, 0.717) is 29.7 Å². The lowest BCUT2D eigenvalue weighted by atomic mass is 10.2. The molecule has 1 amide bonds. The van der Waals surface area contributed by atoms with Crippen molar-refractivity contribution >= 4 is 41.5 Å². The van der Waals surface area contributed by atoms with Gasteiger partial charge in [0.25, 0.3) is 5.91 Å². The predicted octanol–water partition coefficient (Wildman–Crippen LogP) is 2.02. The molecule has 7 heteroatoms. The topological polar surface area (TPSA) is 50.4 Å². The molecule has 0 bridgehead atoms. The average molecular weight is 326 g/mol. The Morgan fingerprint density at radius 3 is 2.89 bits per heavy atom. The molecule has 4 nitrogen and oxygen atoms in total. The highest BCUT2D eigenvalue weighted by Crippen LogP contribution is 2.20. The second kappa shape index (κ2) is 7.92. The minimum Gasteiger partial charge on any atom is -0.366 e. The van der Waals surface area contributed by atoms with Gasteiger partial charge in [0.1, 0.15) is 6.10 Å². The fraction of sp³-hybridized carbons (Fsp3) is 0.417. The van der Waals surface area contributed by atoms with Crippen LogP contribution in [0.2, 0.25) is 10.0 Å². The monoisotopic (exact) mass is 324 g/mol. The summed E-state index contributed by atoms with van der Waals surface area (Å²) in [6.07, 6.45) is -0.426. The standard InChI is InChI=1S/C12H14Cl2N2O2.ClH/c13-9-2-1-8(10(14)5-9)6-16-12(17)11-7-15-3-4-18-11;/h1-2,5,11,15H,3-4,6-7H2,(H,16,17);1H/t11-;/m1./s1. The van der Waals surface area contributed by atoms with E-state index in [1.165, 1.54) is 0 Å². The Hall–Kier alpha value is -0.520. The zero-order valence-corrected chi connectivity index (χ0v) is 12.4. The number of hydrogen-bond acceptors (Lipinski definition) is 3. The summed E-state index contributed by atoms with van der Waals surface area (Å²) in [6, 6.07) is 5.20. The van der Waals surface area contributed by atoms with E-state index in [4.69, 9.17) is 27.9 Å². The Bertz CT molecular complexity index is 437. The molecule has 0 saturated carbocycles. The van der Waals surface area contributed by atoms with E-state index in [2.05, 4.69) is 10.6 Å². The van der Waals surface area contributed by atoms with Gasteiger partial charge in [-0.3, -0.25) is 4.79 Å². The first kappa shape index (κ1) is 16.5. The number of ether oxygens (including phenoxy) is 1. The number of carbonyl (C=O) groups excluding carboxylic acids is 1. The third kappa shape index (κ3) is 4.82. The first-order valence-corrected chi connectivity index (χ1v) is 6.46. The van der Waals surface area contributed by atoms with E-state index in [0.717, 1.165) is 12.1 Å². The highest BCUT2D eigenvalue weighted by Gasteiger charge is 2.21. The molecular formula is C12H15Cl3N2O2. The third-order valence-electron chi connectivity index (χ3n) is 2.69. The Morgan fingerprint density at radius 2 is 2.26 bits per heavy atom. The van der Waals surface area contributed by atoms with Gasteiger partial charge < -0.3 is 15.4 Å². The molecule has 1 aliphatic heterocycles. The maximum atomic E-state index is 11.8. The molecule has 2 N–H and O–H groups in total. The molecule has 1 aliphatic rings. The maximum Gasteiger partial charge on any atom is 0.250 e. The van der Waals surface area contributed by atoms with Crippen LogP contribution in [-0.4, -0.2) is 31.7 Å².